The van der Waals surface area contributed by atoms with Crippen LogP contribution in [0, 0.1) is 0 Å². The number of Topliss-reactive ketones (excluding diaryl/α,β-unsaturated/α-hetero) is 1. The molecule has 88 valence electrons. The third-order valence-corrected chi connectivity index (χ3v) is 3.29. The van der Waals surface area contributed by atoms with Crippen LogP contribution in [-0.2, 0) is 11.8 Å². The molecule has 0 aliphatic carbocycles. The van der Waals surface area contributed by atoms with E-state index in [2.05, 4.69) is 31.6 Å². The van der Waals surface area contributed by atoms with Gasteiger partial charge in [-0.15, -0.1) is 5.10 Å². The zero-order valence-corrected chi connectivity index (χ0v) is 10.7. The van der Waals surface area contributed by atoms with Gasteiger partial charge in [0.05, 0.1) is 12.1 Å². The molecule has 1 aliphatic heterocycles. The van der Waals surface area contributed by atoms with E-state index in [0.717, 1.165) is 0 Å². The van der Waals surface area contributed by atoms with Gasteiger partial charge in [-0.1, -0.05) is 5.21 Å². The minimum Gasteiger partial charge on any atom is -0.380 e. The Kier molecular flexibility index (Phi) is 3.36. The summed E-state index contributed by atoms with van der Waals surface area (Å²) >= 11 is 3.22. The quantitative estimate of drug-likeness (QED) is 0.801. The Bertz CT molecular complexity index is 387. The maximum atomic E-state index is 12.2. The van der Waals surface area contributed by atoms with Crippen molar-refractivity contribution in [2.45, 2.75) is 18.6 Å². The van der Waals surface area contributed by atoms with Gasteiger partial charge < -0.3 is 10.1 Å². The predicted molar refractivity (Wildman–Crippen MR) is 60.2 cm³/mol. The average Bonchev–Trinajstić information content (AvgIpc) is 2.85. The van der Waals surface area contributed by atoms with Gasteiger partial charge in [0.25, 0.3) is 0 Å². The fourth-order valence-electron chi connectivity index (χ4n) is 1.84. The van der Waals surface area contributed by atoms with E-state index in [9.17, 15) is 4.79 Å². The summed E-state index contributed by atoms with van der Waals surface area (Å²) < 4.78 is 7.17. The number of nitrogens with one attached hydrogen (secondary N) is 1. The minimum atomic E-state index is -0.210. The van der Waals surface area contributed by atoms with E-state index < -0.39 is 0 Å². The van der Waals surface area contributed by atoms with Crippen LogP contribution in [0.5, 0.6) is 0 Å². The highest BCUT2D eigenvalue weighted by atomic mass is 79.9. The normalized spacial score (nSPS) is 24.9. The van der Waals surface area contributed by atoms with Gasteiger partial charge >= 0.3 is 0 Å². The summed E-state index contributed by atoms with van der Waals surface area (Å²) in [7, 11) is 3.36. The molecule has 0 radical (unpaired) electrons. The van der Waals surface area contributed by atoms with Gasteiger partial charge in [-0.2, -0.15) is 0 Å². The second kappa shape index (κ2) is 4.60. The topological polar surface area (TPSA) is 69.0 Å². The van der Waals surface area contributed by atoms with Crippen LogP contribution in [0.25, 0.3) is 0 Å². The number of aromatic nitrogens is 3. The Morgan fingerprint density at radius 1 is 1.69 bits per heavy atom. The molecule has 1 fully saturated rings. The van der Waals surface area contributed by atoms with E-state index in [1.165, 1.54) is 4.68 Å². The van der Waals surface area contributed by atoms with Gasteiger partial charge in [-0.3, -0.25) is 4.79 Å². The minimum absolute atomic E-state index is 0.000995. The molecule has 0 amide bonds. The number of nitrogens with zero attached hydrogens (tertiary/aromatic N) is 3. The lowest BCUT2D eigenvalue weighted by Gasteiger charge is -2.08. The van der Waals surface area contributed by atoms with Crippen LogP contribution >= 0.6 is 15.9 Å². The lowest BCUT2D eigenvalue weighted by atomic mass is 10.1. The average molecular weight is 289 g/mol. The molecule has 1 saturated heterocycles. The number of rotatable bonds is 3. The number of ketones is 1. The SMILES string of the molecule is COC1CNC(C(=O)c2c(Br)nnn2C)C1. The summed E-state index contributed by atoms with van der Waals surface area (Å²) in [5, 5.41) is 10.7. The maximum absolute atomic E-state index is 12.2. The largest absolute Gasteiger partial charge is 0.380 e. The molecule has 16 heavy (non-hydrogen) atoms. The second-order valence-corrected chi connectivity index (χ2v) is 4.52. The van der Waals surface area contributed by atoms with Gasteiger partial charge in [-0.25, -0.2) is 4.68 Å². The second-order valence-electron chi connectivity index (χ2n) is 3.77. The van der Waals surface area contributed by atoms with E-state index in [0.29, 0.717) is 23.3 Å². The number of carbonyl (C=O) groups is 1. The summed E-state index contributed by atoms with van der Waals surface area (Å²) in [5.41, 5.74) is 0.495. The number of methoxy groups -OCH3 is 1. The van der Waals surface area contributed by atoms with Crippen LogP contribution in [0.3, 0.4) is 0 Å². The Labute approximate surface area is 101 Å². The molecule has 0 spiro atoms. The standard InChI is InChI=1S/C9H13BrN4O2/c1-14-7(9(10)12-13-14)8(15)6-3-5(16-2)4-11-6/h5-6,11H,3-4H2,1-2H3. The fourth-order valence-corrected chi connectivity index (χ4v) is 2.36. The third kappa shape index (κ3) is 2.02. The van der Waals surface area contributed by atoms with Gasteiger partial charge in [0.2, 0.25) is 5.78 Å². The molecule has 1 N–H and O–H groups in total. The zero-order chi connectivity index (χ0) is 11.7. The number of hydrogen-bond donors (Lipinski definition) is 1. The number of carbonyl (C=O) groups excluding carboxylic acids is 1. The van der Waals surface area contributed by atoms with Crippen molar-refractivity contribution in [2.75, 3.05) is 13.7 Å². The summed E-state index contributed by atoms with van der Waals surface area (Å²) in [6.07, 6.45) is 0.793. The number of hydrogen-bond acceptors (Lipinski definition) is 5. The van der Waals surface area contributed by atoms with Gasteiger partial charge in [0, 0.05) is 20.7 Å². The highest BCUT2D eigenvalue weighted by Gasteiger charge is 2.32. The van der Waals surface area contributed by atoms with Gasteiger partial charge in [-0.05, 0) is 22.4 Å². The molecule has 1 aliphatic rings. The van der Waals surface area contributed by atoms with Crippen molar-refractivity contribution in [1.29, 1.82) is 0 Å². The van der Waals surface area contributed by atoms with Crippen molar-refractivity contribution in [3.05, 3.63) is 10.3 Å². The van der Waals surface area contributed by atoms with Crippen molar-refractivity contribution in [1.82, 2.24) is 20.3 Å². The van der Waals surface area contributed by atoms with E-state index in [4.69, 9.17) is 4.74 Å². The smallest absolute Gasteiger partial charge is 0.200 e. The number of ether oxygens (including phenoxy) is 1. The van der Waals surface area contributed by atoms with Crippen LogP contribution in [0.1, 0.15) is 16.9 Å². The molecule has 2 atom stereocenters. The molecule has 2 heterocycles. The molecule has 2 rings (SSSR count). The summed E-state index contributed by atoms with van der Waals surface area (Å²) in [6, 6.07) is -0.210. The predicted octanol–water partition coefficient (Wildman–Crippen LogP) is 0.137. The highest BCUT2D eigenvalue weighted by molar-refractivity contribution is 9.10. The first-order valence-corrected chi connectivity index (χ1v) is 5.78. The van der Waals surface area contributed by atoms with Crippen LogP contribution in [0.2, 0.25) is 0 Å². The zero-order valence-electron chi connectivity index (χ0n) is 9.11. The van der Waals surface area contributed by atoms with E-state index in [1.54, 1.807) is 14.2 Å². The Morgan fingerprint density at radius 2 is 2.44 bits per heavy atom. The van der Waals surface area contributed by atoms with Crippen molar-refractivity contribution in [3.8, 4) is 0 Å². The molecular weight excluding hydrogens is 276 g/mol. The van der Waals surface area contributed by atoms with Crippen LogP contribution in [0.4, 0.5) is 0 Å². The van der Waals surface area contributed by atoms with E-state index >= 15 is 0 Å². The first-order chi connectivity index (χ1) is 7.63. The molecule has 1 aromatic heterocycles. The van der Waals surface area contributed by atoms with Crippen LogP contribution in [-0.4, -0.2) is 46.6 Å². The summed E-state index contributed by atoms with van der Waals surface area (Å²) in [6.45, 7) is 0.704. The Morgan fingerprint density at radius 3 is 2.94 bits per heavy atom. The number of aryl methyl sites for hydroxylation is 1. The summed E-state index contributed by atoms with van der Waals surface area (Å²) in [4.78, 5) is 12.2. The first kappa shape index (κ1) is 11.7. The highest BCUT2D eigenvalue weighted by Crippen LogP contribution is 2.18. The molecular formula is C9H13BrN4O2. The molecule has 6 nitrogen and oxygen atoms in total. The fraction of sp³-hybridized carbons (Fsp3) is 0.667. The monoisotopic (exact) mass is 288 g/mol. The maximum Gasteiger partial charge on any atom is 0.200 e. The number of halogens is 1. The Hall–Kier alpha value is -0.790. The molecule has 1 aromatic rings. The molecule has 0 bridgehead atoms. The van der Waals surface area contributed by atoms with Gasteiger partial charge in [0.15, 0.2) is 4.60 Å². The summed E-state index contributed by atoms with van der Waals surface area (Å²) in [5.74, 6) is -0.000995. The van der Waals surface area contributed by atoms with Crippen molar-refractivity contribution in [2.24, 2.45) is 7.05 Å². The molecule has 0 aromatic carbocycles. The van der Waals surface area contributed by atoms with Crippen molar-refractivity contribution in [3.63, 3.8) is 0 Å². The van der Waals surface area contributed by atoms with E-state index in [1.807, 2.05) is 0 Å². The third-order valence-electron chi connectivity index (χ3n) is 2.76. The molecule has 7 heteroatoms. The lowest BCUT2D eigenvalue weighted by molar-refractivity contribution is 0.0909. The molecule has 0 saturated carbocycles. The van der Waals surface area contributed by atoms with Crippen LogP contribution < -0.4 is 5.32 Å². The molecule has 2 unspecified atom stereocenters. The van der Waals surface area contributed by atoms with Crippen molar-refractivity contribution < 1.29 is 9.53 Å². The Balaban J connectivity index is 2.15. The van der Waals surface area contributed by atoms with Crippen LogP contribution in [0.15, 0.2) is 4.60 Å². The van der Waals surface area contributed by atoms with Crippen molar-refractivity contribution >= 4 is 21.7 Å². The lowest BCUT2D eigenvalue weighted by Crippen LogP contribution is -2.32. The first-order valence-electron chi connectivity index (χ1n) is 4.99. The van der Waals surface area contributed by atoms with E-state index in [-0.39, 0.29) is 17.9 Å². The van der Waals surface area contributed by atoms with Gasteiger partial charge in [0.1, 0.15) is 5.69 Å².